The van der Waals surface area contributed by atoms with Gasteiger partial charge in [-0.25, -0.2) is 0 Å². The lowest BCUT2D eigenvalue weighted by Crippen LogP contribution is -2.46. The summed E-state index contributed by atoms with van der Waals surface area (Å²) in [5.74, 6) is -0.296. The molecule has 0 aliphatic heterocycles. The van der Waals surface area contributed by atoms with Gasteiger partial charge in [-0.3, -0.25) is 0 Å². The topological polar surface area (TPSA) is 64.4 Å². The quantitative estimate of drug-likeness (QED) is 0.705. The Morgan fingerprint density at radius 2 is 1.81 bits per heavy atom. The van der Waals surface area contributed by atoms with Crippen molar-refractivity contribution in [2.45, 2.75) is 33.7 Å². The van der Waals surface area contributed by atoms with E-state index in [1.807, 2.05) is 19.9 Å². The van der Waals surface area contributed by atoms with Crippen LogP contribution in [0.15, 0.2) is 0 Å². The van der Waals surface area contributed by atoms with Crippen molar-refractivity contribution in [3.63, 3.8) is 0 Å². The Balaban J connectivity index is 4.90. The van der Waals surface area contributed by atoms with Crippen LogP contribution in [0.25, 0.3) is 0 Å². The number of hydrogen-bond donors (Lipinski definition) is 0. The van der Waals surface area contributed by atoms with E-state index in [0.717, 1.165) is 0 Å². The molecule has 0 bridgehead atoms. The zero-order valence-electron chi connectivity index (χ0n) is 10.6. The molecule has 0 amide bonds. The third kappa shape index (κ3) is 3.74. The monoisotopic (exact) mass is 247 g/mol. The van der Waals surface area contributed by atoms with E-state index in [1.54, 1.807) is 20.9 Å². The molecule has 0 spiro atoms. The van der Waals surface area contributed by atoms with Crippen LogP contribution in [-0.4, -0.2) is 43.2 Å². The van der Waals surface area contributed by atoms with E-state index in [4.69, 9.17) is 5.26 Å². The van der Waals surface area contributed by atoms with Gasteiger partial charge in [0.1, 0.15) is 0 Å². The molecule has 0 aromatic heterocycles. The first-order chi connectivity index (χ1) is 7.27. The predicted molar refractivity (Wildman–Crippen MR) is 63.8 cm³/mol. The summed E-state index contributed by atoms with van der Waals surface area (Å²) in [6.07, 6.45) is 0. The molecule has 0 radical (unpaired) electrons. The lowest BCUT2D eigenvalue weighted by Gasteiger charge is -2.29. The van der Waals surface area contributed by atoms with Crippen LogP contribution >= 0.6 is 0 Å². The maximum absolute atomic E-state index is 12.1. The summed E-state index contributed by atoms with van der Waals surface area (Å²) in [4.78, 5) is 0. The van der Waals surface area contributed by atoms with E-state index in [0.29, 0.717) is 6.54 Å². The number of nitrogens with zero attached hydrogens (tertiary/aromatic N) is 3. The Hall–Kier alpha value is -0.640. The summed E-state index contributed by atoms with van der Waals surface area (Å²) >= 11 is 0. The molecule has 5 nitrogen and oxygen atoms in total. The maximum Gasteiger partial charge on any atom is 0.281 e. The summed E-state index contributed by atoms with van der Waals surface area (Å²) in [6.45, 7) is 7.75. The first-order valence-electron chi connectivity index (χ1n) is 5.40. The van der Waals surface area contributed by atoms with E-state index in [1.165, 1.54) is 8.61 Å². The molecule has 94 valence electrons. The molecule has 0 saturated heterocycles. The predicted octanol–water partition coefficient (Wildman–Crippen LogP) is 1.05. The summed E-state index contributed by atoms with van der Waals surface area (Å²) in [5.41, 5.74) is 0. The van der Waals surface area contributed by atoms with Gasteiger partial charge in [-0.2, -0.15) is 22.3 Å². The normalized spacial score (nSPS) is 14.4. The van der Waals surface area contributed by atoms with Gasteiger partial charge in [-0.1, -0.05) is 6.92 Å². The van der Waals surface area contributed by atoms with Gasteiger partial charge < -0.3 is 0 Å². The standard InChI is InChI=1S/C10H21N3O2S/c1-6-13(8-10(4)7-11)16(14,15)12(5)9(2)3/h9-10H,6,8H2,1-5H3. The Morgan fingerprint density at radius 1 is 1.31 bits per heavy atom. The minimum atomic E-state index is -3.44. The fourth-order valence-corrected chi connectivity index (χ4v) is 2.82. The van der Waals surface area contributed by atoms with E-state index in [2.05, 4.69) is 0 Å². The van der Waals surface area contributed by atoms with Gasteiger partial charge in [0.2, 0.25) is 0 Å². The zero-order chi connectivity index (χ0) is 12.9. The van der Waals surface area contributed by atoms with Gasteiger partial charge in [0, 0.05) is 26.2 Å². The van der Waals surface area contributed by atoms with Crippen LogP contribution < -0.4 is 0 Å². The molecule has 0 aromatic carbocycles. The Morgan fingerprint density at radius 3 is 2.12 bits per heavy atom. The third-order valence-electron chi connectivity index (χ3n) is 2.47. The number of rotatable bonds is 6. The van der Waals surface area contributed by atoms with E-state index in [9.17, 15) is 8.42 Å². The van der Waals surface area contributed by atoms with Crippen molar-refractivity contribution in [1.29, 1.82) is 5.26 Å². The average molecular weight is 247 g/mol. The van der Waals surface area contributed by atoms with Crippen LogP contribution in [0.4, 0.5) is 0 Å². The molecule has 0 heterocycles. The fourth-order valence-electron chi connectivity index (χ4n) is 1.18. The maximum atomic E-state index is 12.1. The lowest BCUT2D eigenvalue weighted by atomic mass is 10.2. The van der Waals surface area contributed by atoms with Gasteiger partial charge in [-0.05, 0) is 20.8 Å². The van der Waals surface area contributed by atoms with Crippen molar-refractivity contribution in [2.75, 3.05) is 20.1 Å². The third-order valence-corrected chi connectivity index (χ3v) is 4.68. The van der Waals surface area contributed by atoms with Crippen LogP contribution in [0.2, 0.25) is 0 Å². The van der Waals surface area contributed by atoms with Gasteiger partial charge in [0.25, 0.3) is 10.2 Å². The van der Waals surface area contributed by atoms with Crippen molar-refractivity contribution < 1.29 is 8.42 Å². The van der Waals surface area contributed by atoms with Crippen LogP contribution in [0.1, 0.15) is 27.7 Å². The van der Waals surface area contributed by atoms with Crippen molar-refractivity contribution in [3.8, 4) is 6.07 Å². The fraction of sp³-hybridized carbons (Fsp3) is 0.900. The van der Waals surface area contributed by atoms with Gasteiger partial charge >= 0.3 is 0 Å². The summed E-state index contributed by atoms with van der Waals surface area (Å²) in [5, 5.41) is 8.71. The molecular formula is C10H21N3O2S. The zero-order valence-corrected chi connectivity index (χ0v) is 11.5. The average Bonchev–Trinajstić information content (AvgIpc) is 2.23. The van der Waals surface area contributed by atoms with Crippen LogP contribution in [0, 0.1) is 17.2 Å². The Bertz CT molecular complexity index is 346. The van der Waals surface area contributed by atoms with Gasteiger partial charge in [-0.15, -0.1) is 0 Å². The molecule has 16 heavy (non-hydrogen) atoms. The molecule has 0 aromatic rings. The highest BCUT2D eigenvalue weighted by atomic mass is 32.2. The summed E-state index contributed by atoms with van der Waals surface area (Å²) in [6, 6.07) is 1.96. The largest absolute Gasteiger partial charge is 0.281 e. The number of nitriles is 1. The van der Waals surface area contributed by atoms with E-state index >= 15 is 0 Å². The Labute approximate surface area is 98.8 Å². The molecular weight excluding hydrogens is 226 g/mol. The van der Waals surface area contributed by atoms with Crippen LogP contribution in [0.5, 0.6) is 0 Å². The molecule has 0 saturated carbocycles. The molecule has 0 rings (SSSR count). The highest BCUT2D eigenvalue weighted by Gasteiger charge is 2.28. The van der Waals surface area contributed by atoms with Crippen LogP contribution in [-0.2, 0) is 10.2 Å². The smallest absolute Gasteiger partial charge is 0.198 e. The highest BCUT2D eigenvalue weighted by Crippen LogP contribution is 2.11. The summed E-state index contributed by atoms with van der Waals surface area (Å²) in [7, 11) is -1.88. The minimum absolute atomic E-state index is 0.0866. The van der Waals surface area contributed by atoms with Gasteiger partial charge in [0.15, 0.2) is 0 Å². The highest BCUT2D eigenvalue weighted by molar-refractivity contribution is 7.86. The molecule has 0 aliphatic carbocycles. The van der Waals surface area contributed by atoms with Crippen molar-refractivity contribution in [3.05, 3.63) is 0 Å². The molecule has 0 N–H and O–H groups in total. The Kier molecular flexibility index (Phi) is 5.94. The first-order valence-corrected chi connectivity index (χ1v) is 6.79. The molecule has 0 aliphatic rings. The SMILES string of the molecule is CCN(CC(C)C#N)S(=O)(=O)N(C)C(C)C. The second kappa shape index (κ2) is 6.18. The molecule has 6 heteroatoms. The lowest BCUT2D eigenvalue weighted by molar-refractivity contribution is 0.330. The molecule has 1 unspecified atom stereocenters. The van der Waals surface area contributed by atoms with Crippen molar-refractivity contribution in [1.82, 2.24) is 8.61 Å². The molecule has 1 atom stereocenters. The summed E-state index contributed by atoms with van der Waals surface area (Å²) < 4.78 is 26.8. The first kappa shape index (κ1) is 15.4. The second-order valence-corrected chi connectivity index (χ2v) is 6.09. The van der Waals surface area contributed by atoms with Crippen molar-refractivity contribution >= 4 is 10.2 Å². The van der Waals surface area contributed by atoms with Gasteiger partial charge in [0.05, 0.1) is 12.0 Å². The molecule has 0 fully saturated rings. The van der Waals surface area contributed by atoms with E-state index < -0.39 is 10.2 Å². The van der Waals surface area contributed by atoms with E-state index in [-0.39, 0.29) is 18.5 Å². The minimum Gasteiger partial charge on any atom is -0.198 e. The second-order valence-electron chi connectivity index (χ2n) is 4.10. The van der Waals surface area contributed by atoms with Crippen molar-refractivity contribution in [2.24, 2.45) is 5.92 Å². The van der Waals surface area contributed by atoms with Crippen LogP contribution in [0.3, 0.4) is 0 Å². The number of hydrogen-bond acceptors (Lipinski definition) is 3.